The molecule has 1 atom stereocenters. The molecule has 0 saturated carbocycles. The lowest BCUT2D eigenvalue weighted by molar-refractivity contribution is -0.0505. The van der Waals surface area contributed by atoms with E-state index in [4.69, 9.17) is 16.3 Å². The zero-order valence-electron chi connectivity index (χ0n) is 17.1. The summed E-state index contributed by atoms with van der Waals surface area (Å²) in [6.45, 7) is 0.536. The average molecular weight is 475 g/mol. The summed E-state index contributed by atoms with van der Waals surface area (Å²) in [6, 6.07) is 11.1. The number of nitrogens with one attached hydrogen (secondary N) is 1. The van der Waals surface area contributed by atoms with Gasteiger partial charge in [-0.1, -0.05) is 11.6 Å². The zero-order valence-corrected chi connectivity index (χ0v) is 18.6. The molecular weight excluding hydrogens is 450 g/mol. The number of alkyl halides is 2. The molecule has 0 aliphatic carbocycles. The topological polar surface area (TPSA) is 67.9 Å². The number of ether oxygens (including phenoxy) is 2. The van der Waals surface area contributed by atoms with Crippen LogP contribution in [0.1, 0.15) is 5.56 Å². The Hall–Kier alpha value is -1.94. The van der Waals surface area contributed by atoms with Gasteiger partial charge >= 0.3 is 6.61 Å². The number of hydrogen-bond donors (Lipinski definition) is 1. The van der Waals surface area contributed by atoms with E-state index in [1.54, 1.807) is 18.2 Å². The number of nitrogens with zero attached hydrogens (tertiary/aromatic N) is 1. The van der Waals surface area contributed by atoms with Crippen molar-refractivity contribution in [3.8, 4) is 11.5 Å². The molecule has 31 heavy (non-hydrogen) atoms. The Balaban J connectivity index is 1.51. The van der Waals surface area contributed by atoms with Crippen molar-refractivity contribution in [1.29, 1.82) is 0 Å². The van der Waals surface area contributed by atoms with Crippen molar-refractivity contribution in [2.24, 2.45) is 0 Å². The van der Waals surface area contributed by atoms with Crippen LogP contribution in [-0.2, 0) is 16.3 Å². The SMILES string of the molecule is CS(=O)(=O)c1ccc(OC[C@@H]2CN(CCc3cc(Cl)ccc3OC(F)F)CCN2)cc1. The molecule has 3 rings (SSSR count). The Kier molecular flexibility index (Phi) is 8.10. The first-order valence-corrected chi connectivity index (χ1v) is 12.1. The molecule has 170 valence electrons. The molecule has 6 nitrogen and oxygen atoms in total. The second kappa shape index (κ2) is 10.6. The molecule has 0 unspecified atom stereocenters. The minimum Gasteiger partial charge on any atom is -0.492 e. The van der Waals surface area contributed by atoms with E-state index in [9.17, 15) is 17.2 Å². The first-order valence-electron chi connectivity index (χ1n) is 9.82. The molecule has 1 aliphatic heterocycles. The van der Waals surface area contributed by atoms with Gasteiger partial charge in [0.05, 0.1) is 10.9 Å². The third-order valence-corrected chi connectivity index (χ3v) is 6.34. The van der Waals surface area contributed by atoms with Crippen LogP contribution in [0.25, 0.3) is 0 Å². The van der Waals surface area contributed by atoms with Gasteiger partial charge in [0.1, 0.15) is 18.1 Å². The highest BCUT2D eigenvalue weighted by molar-refractivity contribution is 7.90. The molecule has 2 aromatic carbocycles. The third kappa shape index (κ3) is 7.31. The van der Waals surface area contributed by atoms with Gasteiger partial charge < -0.3 is 19.7 Å². The highest BCUT2D eigenvalue weighted by Gasteiger charge is 2.20. The van der Waals surface area contributed by atoms with Crippen molar-refractivity contribution in [3.05, 3.63) is 53.1 Å². The van der Waals surface area contributed by atoms with Gasteiger partial charge in [0.25, 0.3) is 0 Å². The van der Waals surface area contributed by atoms with Crippen LogP contribution in [-0.4, -0.2) is 65.0 Å². The van der Waals surface area contributed by atoms with E-state index >= 15 is 0 Å². The summed E-state index contributed by atoms with van der Waals surface area (Å²) < 4.78 is 58.7. The molecule has 0 radical (unpaired) electrons. The summed E-state index contributed by atoms with van der Waals surface area (Å²) in [6.07, 6.45) is 1.69. The van der Waals surface area contributed by atoms with E-state index in [1.807, 2.05) is 0 Å². The normalized spacial score (nSPS) is 17.6. The van der Waals surface area contributed by atoms with Crippen molar-refractivity contribution in [2.45, 2.75) is 24.0 Å². The van der Waals surface area contributed by atoms with Crippen LogP contribution in [0.4, 0.5) is 8.78 Å². The molecule has 1 saturated heterocycles. The van der Waals surface area contributed by atoms with Gasteiger partial charge in [-0.2, -0.15) is 8.78 Å². The molecule has 2 aromatic rings. The van der Waals surface area contributed by atoms with Gasteiger partial charge in [-0.25, -0.2) is 8.42 Å². The number of benzene rings is 2. The van der Waals surface area contributed by atoms with Gasteiger partial charge in [0, 0.05) is 37.5 Å². The fourth-order valence-corrected chi connectivity index (χ4v) is 4.25. The van der Waals surface area contributed by atoms with E-state index in [-0.39, 0.29) is 16.7 Å². The van der Waals surface area contributed by atoms with Crippen LogP contribution >= 0.6 is 11.6 Å². The molecule has 10 heteroatoms. The quantitative estimate of drug-likeness (QED) is 0.602. The molecular formula is C21H25ClF2N2O4S. The number of sulfone groups is 1. The lowest BCUT2D eigenvalue weighted by Gasteiger charge is -2.33. The number of rotatable bonds is 9. The first kappa shape index (κ1) is 23.7. The second-order valence-electron chi connectivity index (χ2n) is 7.39. The summed E-state index contributed by atoms with van der Waals surface area (Å²) in [5.74, 6) is 0.742. The van der Waals surface area contributed by atoms with Crippen LogP contribution in [0, 0.1) is 0 Å². The van der Waals surface area contributed by atoms with E-state index in [0.29, 0.717) is 35.9 Å². The summed E-state index contributed by atoms with van der Waals surface area (Å²) >= 11 is 6.02. The molecule has 1 heterocycles. The molecule has 1 aliphatic rings. The second-order valence-corrected chi connectivity index (χ2v) is 9.84. The van der Waals surface area contributed by atoms with Crippen LogP contribution < -0.4 is 14.8 Å². The number of hydrogen-bond acceptors (Lipinski definition) is 6. The van der Waals surface area contributed by atoms with Crippen molar-refractivity contribution in [1.82, 2.24) is 10.2 Å². The number of piperazine rings is 1. The van der Waals surface area contributed by atoms with Gasteiger partial charge in [-0.05, 0) is 54.4 Å². The third-order valence-electron chi connectivity index (χ3n) is 4.98. The Morgan fingerprint density at radius 3 is 2.65 bits per heavy atom. The predicted molar refractivity (Wildman–Crippen MR) is 115 cm³/mol. The maximum Gasteiger partial charge on any atom is 0.387 e. The summed E-state index contributed by atoms with van der Waals surface area (Å²) in [7, 11) is -3.24. The maximum atomic E-state index is 12.6. The summed E-state index contributed by atoms with van der Waals surface area (Å²) in [5.41, 5.74) is 0.644. The van der Waals surface area contributed by atoms with Crippen molar-refractivity contribution in [3.63, 3.8) is 0 Å². The fourth-order valence-electron chi connectivity index (χ4n) is 3.42. The molecule has 0 amide bonds. The van der Waals surface area contributed by atoms with Gasteiger partial charge in [0.15, 0.2) is 9.84 Å². The Labute approximate surface area is 186 Å². The monoisotopic (exact) mass is 474 g/mol. The molecule has 1 fully saturated rings. The van der Waals surface area contributed by atoms with E-state index in [1.165, 1.54) is 24.3 Å². The van der Waals surface area contributed by atoms with Gasteiger partial charge in [-0.3, -0.25) is 0 Å². The smallest absolute Gasteiger partial charge is 0.387 e. The summed E-state index contributed by atoms with van der Waals surface area (Å²) in [5, 5.41) is 3.87. The van der Waals surface area contributed by atoms with E-state index in [2.05, 4.69) is 15.0 Å². The maximum absolute atomic E-state index is 12.6. The van der Waals surface area contributed by atoms with Crippen LogP contribution in [0.3, 0.4) is 0 Å². The predicted octanol–water partition coefficient (Wildman–Crippen LogP) is 3.24. The van der Waals surface area contributed by atoms with Gasteiger partial charge in [0.2, 0.25) is 0 Å². The number of halogens is 3. The Bertz CT molecular complexity index is 974. The van der Waals surface area contributed by atoms with E-state index < -0.39 is 16.4 Å². The Morgan fingerprint density at radius 2 is 1.97 bits per heavy atom. The highest BCUT2D eigenvalue weighted by atomic mass is 35.5. The molecule has 0 spiro atoms. The van der Waals surface area contributed by atoms with Crippen LogP contribution in [0.15, 0.2) is 47.4 Å². The van der Waals surface area contributed by atoms with Crippen LogP contribution in [0.5, 0.6) is 11.5 Å². The minimum atomic E-state index is -3.24. The highest BCUT2D eigenvalue weighted by Crippen LogP contribution is 2.25. The Morgan fingerprint density at radius 1 is 1.23 bits per heavy atom. The average Bonchev–Trinajstić information content (AvgIpc) is 2.72. The first-order chi connectivity index (χ1) is 14.7. The van der Waals surface area contributed by atoms with Crippen molar-refractivity contribution < 1.29 is 26.7 Å². The van der Waals surface area contributed by atoms with E-state index in [0.717, 1.165) is 25.9 Å². The largest absolute Gasteiger partial charge is 0.492 e. The molecule has 1 N–H and O–H groups in total. The van der Waals surface area contributed by atoms with Crippen molar-refractivity contribution in [2.75, 3.05) is 39.0 Å². The zero-order chi connectivity index (χ0) is 22.4. The fraction of sp³-hybridized carbons (Fsp3) is 0.429. The summed E-state index contributed by atoms with van der Waals surface area (Å²) in [4.78, 5) is 2.47. The minimum absolute atomic E-state index is 0.0829. The lowest BCUT2D eigenvalue weighted by atomic mass is 10.1. The van der Waals surface area contributed by atoms with Gasteiger partial charge in [-0.15, -0.1) is 0 Å². The standard InChI is InChI=1S/C21H25ClF2N2O4S/c1-31(27,28)19-5-3-18(4-6-19)29-14-17-13-26(11-9-25-17)10-8-15-12-16(22)2-7-20(15)30-21(23)24/h2-7,12,17,21,25H,8-11,13-14H2,1H3/t17-/m0/s1. The van der Waals surface area contributed by atoms with Crippen molar-refractivity contribution >= 4 is 21.4 Å². The lowest BCUT2D eigenvalue weighted by Crippen LogP contribution is -2.53. The molecule has 0 bridgehead atoms. The molecule has 0 aromatic heterocycles. The van der Waals surface area contributed by atoms with Crippen LogP contribution in [0.2, 0.25) is 5.02 Å².